The van der Waals surface area contributed by atoms with Crippen molar-refractivity contribution >= 4 is 0 Å². The summed E-state index contributed by atoms with van der Waals surface area (Å²) in [7, 11) is 0. The summed E-state index contributed by atoms with van der Waals surface area (Å²) in [6.07, 6.45) is 7.47. The Hall–Kier alpha value is -1.96. The highest BCUT2D eigenvalue weighted by atomic mass is 16.5. The van der Waals surface area contributed by atoms with Gasteiger partial charge in [0, 0.05) is 11.6 Å². The maximum absolute atomic E-state index is 9.70. The van der Waals surface area contributed by atoms with Gasteiger partial charge in [0.25, 0.3) is 0 Å². The summed E-state index contributed by atoms with van der Waals surface area (Å²) in [5.41, 5.74) is 2.14. The van der Waals surface area contributed by atoms with Crippen molar-refractivity contribution in [2.75, 3.05) is 6.61 Å². The Balaban J connectivity index is 1.91. The molecule has 118 valence electrons. The number of hydrogen-bond acceptors (Lipinski definition) is 2. The molecule has 0 heterocycles. The van der Waals surface area contributed by atoms with Crippen LogP contribution in [0.15, 0.2) is 48.5 Å². The quantitative estimate of drug-likeness (QED) is 0.593. The Bertz CT molecular complexity index is 549. The molecule has 0 saturated carbocycles. The number of phenolic OH excluding ortho intramolecular Hbond substituents is 1. The normalized spacial score (nSPS) is 10.6. The van der Waals surface area contributed by atoms with Crippen LogP contribution in [-0.2, 0) is 0 Å². The van der Waals surface area contributed by atoms with Crippen LogP contribution in [0, 0.1) is 0 Å². The van der Waals surface area contributed by atoms with Crippen molar-refractivity contribution in [1.29, 1.82) is 0 Å². The molecule has 1 N–H and O–H groups in total. The van der Waals surface area contributed by atoms with Crippen LogP contribution >= 0.6 is 0 Å². The van der Waals surface area contributed by atoms with E-state index in [1.807, 2.05) is 24.3 Å². The first-order valence-electron chi connectivity index (χ1n) is 8.32. The zero-order valence-electron chi connectivity index (χ0n) is 13.4. The molecule has 2 rings (SSSR count). The van der Waals surface area contributed by atoms with E-state index in [0.717, 1.165) is 23.3 Å². The Morgan fingerprint density at radius 3 is 2.36 bits per heavy atom. The molecule has 0 radical (unpaired) electrons. The van der Waals surface area contributed by atoms with Gasteiger partial charge in [-0.2, -0.15) is 0 Å². The number of ether oxygens (including phenoxy) is 1. The lowest BCUT2D eigenvalue weighted by molar-refractivity contribution is 0.304. The maximum Gasteiger partial charge on any atom is 0.130 e. The first-order chi connectivity index (χ1) is 10.8. The number of benzene rings is 2. The highest BCUT2D eigenvalue weighted by Gasteiger charge is 2.07. The molecule has 0 amide bonds. The van der Waals surface area contributed by atoms with Crippen molar-refractivity contribution in [2.24, 2.45) is 0 Å². The van der Waals surface area contributed by atoms with Crippen molar-refractivity contribution in [2.45, 2.75) is 45.4 Å². The van der Waals surface area contributed by atoms with E-state index < -0.39 is 0 Å². The second kappa shape index (κ2) is 9.14. The van der Waals surface area contributed by atoms with Crippen LogP contribution < -0.4 is 4.74 Å². The van der Waals surface area contributed by atoms with Crippen LogP contribution in [0.5, 0.6) is 11.5 Å². The van der Waals surface area contributed by atoms with Gasteiger partial charge in [-0.3, -0.25) is 0 Å². The van der Waals surface area contributed by atoms with Gasteiger partial charge in [-0.15, -0.1) is 0 Å². The molecular formula is C20H26O2. The van der Waals surface area contributed by atoms with E-state index in [0.29, 0.717) is 6.61 Å². The third-order valence-corrected chi connectivity index (χ3v) is 3.81. The van der Waals surface area contributed by atoms with Crippen LogP contribution in [0.4, 0.5) is 0 Å². The maximum atomic E-state index is 9.70. The van der Waals surface area contributed by atoms with Gasteiger partial charge in [0.1, 0.15) is 11.5 Å². The SMILES string of the molecule is CCCCCCCCOc1cc(O)ccc1-c1ccccc1. The third-order valence-electron chi connectivity index (χ3n) is 3.81. The predicted molar refractivity (Wildman–Crippen MR) is 92.4 cm³/mol. The largest absolute Gasteiger partial charge is 0.508 e. The van der Waals surface area contributed by atoms with Crippen LogP contribution in [0.2, 0.25) is 0 Å². The Kier molecular flexibility index (Phi) is 6.82. The second-order valence-electron chi connectivity index (χ2n) is 5.66. The minimum absolute atomic E-state index is 0.248. The zero-order chi connectivity index (χ0) is 15.6. The molecule has 22 heavy (non-hydrogen) atoms. The van der Waals surface area contributed by atoms with E-state index in [9.17, 15) is 5.11 Å². The average Bonchev–Trinajstić information content (AvgIpc) is 2.55. The molecule has 0 aliphatic carbocycles. The molecule has 0 fully saturated rings. The number of rotatable bonds is 9. The van der Waals surface area contributed by atoms with Crippen molar-refractivity contribution < 1.29 is 9.84 Å². The Labute approximate surface area is 133 Å². The Morgan fingerprint density at radius 2 is 1.59 bits per heavy atom. The molecule has 2 nitrogen and oxygen atoms in total. The molecular weight excluding hydrogens is 272 g/mol. The van der Waals surface area contributed by atoms with E-state index in [1.54, 1.807) is 12.1 Å². The van der Waals surface area contributed by atoms with Gasteiger partial charge < -0.3 is 9.84 Å². The number of aromatic hydroxyl groups is 1. The molecule has 0 aliphatic heterocycles. The number of unbranched alkanes of at least 4 members (excludes halogenated alkanes) is 5. The molecule has 0 aliphatic rings. The molecule has 2 aromatic carbocycles. The summed E-state index contributed by atoms with van der Waals surface area (Å²) in [4.78, 5) is 0. The predicted octanol–water partition coefficient (Wildman–Crippen LogP) is 5.80. The zero-order valence-corrected chi connectivity index (χ0v) is 13.4. The summed E-state index contributed by atoms with van der Waals surface area (Å²) < 4.78 is 5.92. The van der Waals surface area contributed by atoms with Crippen LogP contribution in [-0.4, -0.2) is 11.7 Å². The highest BCUT2D eigenvalue weighted by Crippen LogP contribution is 2.33. The van der Waals surface area contributed by atoms with Crippen LogP contribution in [0.25, 0.3) is 11.1 Å². The topological polar surface area (TPSA) is 29.5 Å². The summed E-state index contributed by atoms with van der Waals surface area (Å²) >= 11 is 0. The Morgan fingerprint density at radius 1 is 0.864 bits per heavy atom. The van der Waals surface area contributed by atoms with E-state index in [4.69, 9.17) is 4.74 Å². The van der Waals surface area contributed by atoms with E-state index in [2.05, 4.69) is 19.1 Å². The smallest absolute Gasteiger partial charge is 0.130 e. The fraction of sp³-hybridized carbons (Fsp3) is 0.400. The first kappa shape index (κ1) is 16.4. The molecule has 0 spiro atoms. The average molecular weight is 298 g/mol. The number of phenols is 1. The molecule has 0 unspecified atom stereocenters. The van der Waals surface area contributed by atoms with Crippen LogP contribution in [0.1, 0.15) is 45.4 Å². The molecule has 0 bridgehead atoms. The lowest BCUT2D eigenvalue weighted by Gasteiger charge is -2.12. The highest BCUT2D eigenvalue weighted by molar-refractivity contribution is 5.71. The summed E-state index contributed by atoms with van der Waals surface area (Å²) in [6, 6.07) is 15.5. The van der Waals surface area contributed by atoms with Crippen molar-refractivity contribution in [3.63, 3.8) is 0 Å². The molecule has 2 heteroatoms. The fourth-order valence-corrected chi connectivity index (χ4v) is 2.55. The lowest BCUT2D eigenvalue weighted by atomic mass is 10.0. The lowest BCUT2D eigenvalue weighted by Crippen LogP contribution is -1.99. The fourth-order valence-electron chi connectivity index (χ4n) is 2.55. The molecule has 0 atom stereocenters. The number of hydrogen-bond donors (Lipinski definition) is 1. The van der Waals surface area contributed by atoms with Gasteiger partial charge >= 0.3 is 0 Å². The van der Waals surface area contributed by atoms with Crippen molar-refractivity contribution in [3.05, 3.63) is 48.5 Å². The molecule has 0 saturated heterocycles. The van der Waals surface area contributed by atoms with Crippen LogP contribution in [0.3, 0.4) is 0 Å². The van der Waals surface area contributed by atoms with Gasteiger partial charge in [-0.25, -0.2) is 0 Å². The van der Waals surface area contributed by atoms with Gasteiger partial charge in [-0.05, 0) is 24.1 Å². The summed E-state index contributed by atoms with van der Waals surface area (Å²) in [6.45, 7) is 2.94. The third kappa shape index (κ3) is 5.10. The second-order valence-corrected chi connectivity index (χ2v) is 5.66. The monoisotopic (exact) mass is 298 g/mol. The first-order valence-corrected chi connectivity index (χ1v) is 8.32. The van der Waals surface area contributed by atoms with Gasteiger partial charge in [-0.1, -0.05) is 69.4 Å². The molecule has 0 aromatic heterocycles. The summed E-state index contributed by atoms with van der Waals surface area (Å²) in [5.74, 6) is 1.01. The van der Waals surface area contributed by atoms with Crippen molar-refractivity contribution in [1.82, 2.24) is 0 Å². The summed E-state index contributed by atoms with van der Waals surface area (Å²) in [5, 5.41) is 9.70. The van der Waals surface area contributed by atoms with E-state index in [-0.39, 0.29) is 5.75 Å². The van der Waals surface area contributed by atoms with E-state index >= 15 is 0 Å². The van der Waals surface area contributed by atoms with Gasteiger partial charge in [0.05, 0.1) is 6.61 Å². The van der Waals surface area contributed by atoms with Gasteiger partial charge in [0.15, 0.2) is 0 Å². The molecule has 2 aromatic rings. The minimum Gasteiger partial charge on any atom is -0.508 e. The van der Waals surface area contributed by atoms with E-state index in [1.165, 1.54) is 32.1 Å². The van der Waals surface area contributed by atoms with Gasteiger partial charge in [0.2, 0.25) is 0 Å². The minimum atomic E-state index is 0.248. The standard InChI is InChI=1S/C20H26O2/c1-2-3-4-5-6-10-15-22-20-16-18(21)13-14-19(20)17-11-8-7-9-12-17/h7-9,11-14,16,21H,2-6,10,15H2,1H3. The van der Waals surface area contributed by atoms with Crippen molar-refractivity contribution in [3.8, 4) is 22.6 Å².